The number of piperidine rings is 1. The van der Waals surface area contributed by atoms with Crippen molar-refractivity contribution in [1.29, 1.82) is 0 Å². The first kappa shape index (κ1) is 16.6. The van der Waals surface area contributed by atoms with Gasteiger partial charge in [0.2, 0.25) is 11.8 Å². The van der Waals surface area contributed by atoms with E-state index >= 15 is 0 Å². The number of halogens is 1. The van der Waals surface area contributed by atoms with Gasteiger partial charge in [0, 0.05) is 23.4 Å². The van der Waals surface area contributed by atoms with Crippen molar-refractivity contribution in [3.8, 4) is 11.3 Å². The maximum atomic E-state index is 13.0. The summed E-state index contributed by atoms with van der Waals surface area (Å²) < 4.78 is 13.0. The summed E-state index contributed by atoms with van der Waals surface area (Å²) in [4.78, 5) is 30.8. The number of hydrogen-bond acceptors (Lipinski definition) is 4. The van der Waals surface area contributed by atoms with E-state index in [1.165, 1.54) is 23.5 Å². The predicted molar refractivity (Wildman–Crippen MR) is 91.3 cm³/mol. The zero-order valence-electron chi connectivity index (χ0n) is 13.3. The third-order valence-electron chi connectivity index (χ3n) is 3.92. The second-order valence-corrected chi connectivity index (χ2v) is 6.95. The average Bonchev–Trinajstić information content (AvgIpc) is 2.90. The van der Waals surface area contributed by atoms with Crippen molar-refractivity contribution >= 4 is 28.3 Å². The number of anilines is 1. The zero-order chi connectivity index (χ0) is 17.1. The smallest absolute Gasteiger partial charge is 0.245 e. The van der Waals surface area contributed by atoms with Gasteiger partial charge >= 0.3 is 0 Å². The third kappa shape index (κ3) is 3.79. The highest BCUT2D eigenvalue weighted by Gasteiger charge is 2.21. The molecule has 0 unspecified atom stereocenters. The Balaban J connectivity index is 1.67. The summed E-state index contributed by atoms with van der Waals surface area (Å²) in [5.74, 6) is -0.519. The number of nitrogens with zero attached hydrogens (tertiary/aromatic N) is 2. The average molecular weight is 347 g/mol. The van der Waals surface area contributed by atoms with Crippen LogP contribution in [-0.4, -0.2) is 34.8 Å². The molecule has 2 heterocycles. The van der Waals surface area contributed by atoms with Crippen LogP contribution in [0.25, 0.3) is 11.3 Å². The van der Waals surface area contributed by atoms with Gasteiger partial charge in [0.1, 0.15) is 5.82 Å². The van der Waals surface area contributed by atoms with Crippen LogP contribution < -0.4 is 5.32 Å². The fourth-order valence-electron chi connectivity index (χ4n) is 2.69. The lowest BCUT2D eigenvalue weighted by atomic mass is 10.1. The van der Waals surface area contributed by atoms with Gasteiger partial charge in [-0.3, -0.25) is 9.59 Å². The molecule has 0 radical (unpaired) electrons. The second-order valence-electron chi connectivity index (χ2n) is 5.75. The molecule has 1 aromatic heterocycles. The summed E-state index contributed by atoms with van der Waals surface area (Å²) in [5.41, 5.74) is 1.53. The minimum Gasteiger partial charge on any atom is -0.333 e. The number of benzene rings is 1. The molecule has 1 aromatic carbocycles. The number of carbonyl (C=O) groups excluding carboxylic acids is 2. The first-order chi connectivity index (χ1) is 11.5. The Morgan fingerprint density at radius 1 is 1.33 bits per heavy atom. The van der Waals surface area contributed by atoms with Crippen molar-refractivity contribution < 1.29 is 14.0 Å². The van der Waals surface area contributed by atoms with Gasteiger partial charge in [-0.25, -0.2) is 9.37 Å². The maximum Gasteiger partial charge on any atom is 0.245 e. The molecule has 2 aromatic rings. The molecular weight excluding hydrogens is 329 g/mol. The van der Waals surface area contributed by atoms with Crippen molar-refractivity contribution in [2.75, 3.05) is 18.4 Å². The zero-order valence-corrected chi connectivity index (χ0v) is 14.2. The Kier molecular flexibility index (Phi) is 4.89. The molecule has 24 heavy (non-hydrogen) atoms. The summed E-state index contributed by atoms with van der Waals surface area (Å²) in [5, 5.41) is 3.24. The number of likely N-dealkylation sites (tertiary alicyclic amines) is 1. The van der Waals surface area contributed by atoms with E-state index in [0.29, 0.717) is 18.1 Å². The third-order valence-corrected chi connectivity index (χ3v) is 4.80. The van der Waals surface area contributed by atoms with Crippen LogP contribution in [-0.2, 0) is 9.59 Å². The minimum absolute atomic E-state index is 0.0266. The fourth-order valence-corrected chi connectivity index (χ4v) is 3.54. The normalized spacial score (nSPS) is 14.8. The highest BCUT2D eigenvalue weighted by molar-refractivity contribution is 7.16. The Labute approximate surface area is 143 Å². The molecular formula is C17H18FN3O2S. The summed E-state index contributed by atoms with van der Waals surface area (Å²) in [7, 11) is 0. The Morgan fingerprint density at radius 2 is 2.08 bits per heavy atom. The van der Waals surface area contributed by atoms with Crippen LogP contribution in [0.5, 0.6) is 0 Å². The van der Waals surface area contributed by atoms with Crippen molar-refractivity contribution in [3.63, 3.8) is 0 Å². The molecule has 7 heteroatoms. The first-order valence-electron chi connectivity index (χ1n) is 7.84. The van der Waals surface area contributed by atoms with Crippen molar-refractivity contribution in [2.45, 2.75) is 26.2 Å². The molecule has 3 rings (SSSR count). The minimum atomic E-state index is -0.300. The highest BCUT2D eigenvalue weighted by atomic mass is 32.1. The van der Waals surface area contributed by atoms with Crippen LogP contribution in [0.4, 0.5) is 9.52 Å². The highest BCUT2D eigenvalue weighted by Crippen LogP contribution is 2.30. The lowest BCUT2D eigenvalue weighted by molar-refractivity contribution is -0.136. The topological polar surface area (TPSA) is 62.3 Å². The summed E-state index contributed by atoms with van der Waals surface area (Å²) in [6.07, 6.45) is 2.34. The summed E-state index contributed by atoms with van der Waals surface area (Å²) >= 11 is 1.36. The quantitative estimate of drug-likeness (QED) is 0.924. The molecule has 1 N–H and O–H groups in total. The first-order valence-corrected chi connectivity index (χ1v) is 8.65. The molecule has 0 spiro atoms. The summed E-state index contributed by atoms with van der Waals surface area (Å²) in [6.45, 7) is 2.59. The number of thiazole rings is 1. The molecule has 0 aliphatic carbocycles. The lowest BCUT2D eigenvalue weighted by Crippen LogP contribution is -2.40. The number of amides is 2. The molecule has 0 saturated carbocycles. The predicted octanol–water partition coefficient (Wildman–Crippen LogP) is 3.21. The molecule has 1 saturated heterocycles. The van der Waals surface area contributed by atoms with Gasteiger partial charge in [-0.1, -0.05) is 0 Å². The number of carbonyl (C=O) groups is 2. The number of aryl methyl sites for hydroxylation is 1. The van der Waals surface area contributed by atoms with Crippen LogP contribution in [0.3, 0.4) is 0 Å². The Bertz CT molecular complexity index is 758. The van der Waals surface area contributed by atoms with Crippen LogP contribution in [0.2, 0.25) is 0 Å². The van der Waals surface area contributed by atoms with E-state index in [4.69, 9.17) is 0 Å². The molecule has 0 atom stereocenters. The van der Waals surface area contributed by atoms with Gasteiger partial charge in [-0.05, 0) is 44.0 Å². The largest absolute Gasteiger partial charge is 0.333 e. The lowest BCUT2D eigenvalue weighted by Gasteiger charge is -2.25. The molecule has 1 aliphatic rings. The molecule has 2 amide bonds. The second kappa shape index (κ2) is 7.09. The Hall–Kier alpha value is -2.28. The number of aromatic nitrogens is 1. The van der Waals surface area contributed by atoms with E-state index in [1.54, 1.807) is 17.0 Å². The van der Waals surface area contributed by atoms with E-state index in [2.05, 4.69) is 10.3 Å². The van der Waals surface area contributed by atoms with E-state index in [1.807, 2.05) is 6.92 Å². The number of rotatable bonds is 4. The number of nitrogens with one attached hydrogen (secondary N) is 1. The fraction of sp³-hybridized carbons (Fsp3) is 0.353. The van der Waals surface area contributed by atoms with Crippen molar-refractivity contribution in [1.82, 2.24) is 9.88 Å². The monoisotopic (exact) mass is 347 g/mol. The van der Waals surface area contributed by atoms with Gasteiger partial charge in [0.05, 0.1) is 12.2 Å². The van der Waals surface area contributed by atoms with Gasteiger partial charge in [0.25, 0.3) is 0 Å². The summed E-state index contributed by atoms with van der Waals surface area (Å²) in [6, 6.07) is 6.09. The molecule has 126 valence electrons. The van der Waals surface area contributed by atoms with Crippen LogP contribution >= 0.6 is 11.3 Å². The van der Waals surface area contributed by atoms with Crippen LogP contribution in [0.15, 0.2) is 24.3 Å². The van der Waals surface area contributed by atoms with Gasteiger partial charge in [-0.2, -0.15) is 0 Å². The van der Waals surface area contributed by atoms with E-state index in [9.17, 15) is 14.0 Å². The van der Waals surface area contributed by atoms with Gasteiger partial charge < -0.3 is 10.2 Å². The van der Waals surface area contributed by atoms with Crippen molar-refractivity contribution in [2.24, 2.45) is 0 Å². The Morgan fingerprint density at radius 3 is 2.79 bits per heavy atom. The van der Waals surface area contributed by atoms with Crippen LogP contribution in [0, 0.1) is 12.7 Å². The molecule has 1 fully saturated rings. The number of hydrogen-bond donors (Lipinski definition) is 1. The van der Waals surface area contributed by atoms with Gasteiger partial charge in [-0.15, -0.1) is 11.3 Å². The maximum absolute atomic E-state index is 13.0. The van der Waals surface area contributed by atoms with Crippen LogP contribution in [0.1, 0.15) is 24.1 Å². The van der Waals surface area contributed by atoms with E-state index < -0.39 is 0 Å². The van der Waals surface area contributed by atoms with Crippen molar-refractivity contribution in [3.05, 3.63) is 35.0 Å². The van der Waals surface area contributed by atoms with E-state index in [0.717, 1.165) is 29.0 Å². The van der Waals surface area contributed by atoms with E-state index in [-0.39, 0.29) is 24.2 Å². The molecule has 0 bridgehead atoms. The van der Waals surface area contributed by atoms with Gasteiger partial charge in [0.15, 0.2) is 5.13 Å². The standard InChI is InChI=1S/C17H18FN3O2S/c1-11-16(12-5-7-13(18)8-6-12)20-17(24-11)19-14(22)10-21-9-3-2-4-15(21)23/h5-8H,2-4,9-10H2,1H3,(H,19,20,22). The molecule has 5 nitrogen and oxygen atoms in total. The molecule has 1 aliphatic heterocycles. The SMILES string of the molecule is Cc1sc(NC(=O)CN2CCCCC2=O)nc1-c1ccc(F)cc1.